The van der Waals surface area contributed by atoms with Gasteiger partial charge < -0.3 is 13.9 Å². The summed E-state index contributed by atoms with van der Waals surface area (Å²) in [5.74, 6) is 0.484. The maximum Gasteiger partial charge on any atom is 0.335 e. The Hall–Kier alpha value is -3.87. The maximum atomic E-state index is 11.2. The molecule has 33 heavy (non-hydrogen) atoms. The number of hydrogen-bond acceptors (Lipinski definition) is 5. The number of rotatable bonds is 5. The second-order valence-electron chi connectivity index (χ2n) is 7.14. The van der Waals surface area contributed by atoms with E-state index in [0.717, 1.165) is 0 Å². The highest BCUT2D eigenvalue weighted by molar-refractivity contribution is 6.36. The van der Waals surface area contributed by atoms with E-state index >= 15 is 0 Å². The summed E-state index contributed by atoms with van der Waals surface area (Å²) < 4.78 is 11.6. The van der Waals surface area contributed by atoms with Crippen molar-refractivity contribution in [3.63, 3.8) is 0 Å². The van der Waals surface area contributed by atoms with E-state index in [1.807, 2.05) is 0 Å². The molecule has 162 valence electrons. The first kappa shape index (κ1) is 21.0. The second-order valence-corrected chi connectivity index (χ2v) is 7.99. The van der Waals surface area contributed by atoms with Crippen molar-refractivity contribution in [1.82, 2.24) is 4.98 Å². The number of aromatic nitrogens is 1. The molecular weight excluding hydrogens is 463 g/mol. The third kappa shape index (κ3) is 4.39. The number of fused-ring (bicyclic) bond motifs is 1. The van der Waals surface area contributed by atoms with Crippen LogP contribution in [-0.4, -0.2) is 22.3 Å². The smallest absolute Gasteiger partial charge is 0.335 e. The van der Waals surface area contributed by atoms with Crippen molar-refractivity contribution in [2.75, 3.05) is 0 Å². The molecule has 2 aromatic heterocycles. The van der Waals surface area contributed by atoms with Gasteiger partial charge in [0.1, 0.15) is 17.0 Å². The first-order valence-electron chi connectivity index (χ1n) is 9.80. The molecule has 0 bridgehead atoms. The molecule has 0 aliphatic rings. The van der Waals surface area contributed by atoms with Gasteiger partial charge in [-0.05, 0) is 60.7 Å². The van der Waals surface area contributed by atoms with Crippen LogP contribution in [0.25, 0.3) is 33.9 Å². The van der Waals surface area contributed by atoms with Crippen LogP contribution in [0.15, 0.2) is 86.6 Å². The van der Waals surface area contributed by atoms with Gasteiger partial charge in [-0.15, -0.1) is 0 Å². The number of carboxylic acids is 1. The van der Waals surface area contributed by atoms with Gasteiger partial charge in [0.25, 0.3) is 0 Å². The van der Waals surface area contributed by atoms with Crippen LogP contribution in [0, 0.1) is 0 Å². The van der Waals surface area contributed by atoms with Gasteiger partial charge in [-0.1, -0.05) is 35.3 Å². The van der Waals surface area contributed by atoms with Crippen LogP contribution < -0.4 is 0 Å². The molecule has 0 saturated carbocycles. The number of oxazole rings is 1. The normalized spacial score (nSPS) is 11.5. The third-order valence-corrected chi connectivity index (χ3v) is 5.44. The summed E-state index contributed by atoms with van der Waals surface area (Å²) in [6.07, 6.45) is 1.59. The number of aromatic carboxylic acids is 1. The van der Waals surface area contributed by atoms with Crippen LogP contribution in [0.2, 0.25) is 10.0 Å². The minimum absolute atomic E-state index is 0.194. The first-order valence-corrected chi connectivity index (χ1v) is 10.6. The lowest BCUT2D eigenvalue weighted by Gasteiger charge is -1.99. The molecule has 0 aliphatic carbocycles. The molecule has 6 nitrogen and oxygen atoms in total. The van der Waals surface area contributed by atoms with Gasteiger partial charge in [0, 0.05) is 10.6 Å². The Balaban J connectivity index is 1.39. The number of furan rings is 1. The molecule has 0 fully saturated rings. The number of carboxylic acid groups (broad SMARTS) is 1. The second kappa shape index (κ2) is 8.58. The average Bonchev–Trinajstić information content (AvgIpc) is 3.44. The molecule has 5 aromatic rings. The van der Waals surface area contributed by atoms with Crippen molar-refractivity contribution in [2.45, 2.75) is 0 Å². The quantitative estimate of drug-likeness (QED) is 0.265. The summed E-state index contributed by atoms with van der Waals surface area (Å²) in [6.45, 7) is 0. The predicted octanol–water partition coefficient (Wildman–Crippen LogP) is 7.51. The zero-order valence-electron chi connectivity index (χ0n) is 16.8. The molecule has 0 aliphatic heterocycles. The summed E-state index contributed by atoms with van der Waals surface area (Å²) >= 11 is 12.2. The first-order chi connectivity index (χ1) is 16.0. The van der Waals surface area contributed by atoms with E-state index in [1.165, 1.54) is 6.07 Å². The van der Waals surface area contributed by atoms with Crippen LogP contribution >= 0.6 is 23.2 Å². The SMILES string of the molecule is O=C(O)c1cccc(-c2ccc(C=Nc3ccc4oc(-c5ccc(Cl)cc5Cl)nc4c3)o2)c1. The average molecular weight is 477 g/mol. The van der Waals surface area contributed by atoms with E-state index in [1.54, 1.807) is 72.9 Å². The molecule has 1 N–H and O–H groups in total. The maximum absolute atomic E-state index is 11.2. The molecule has 0 radical (unpaired) electrons. The Morgan fingerprint density at radius 2 is 1.85 bits per heavy atom. The summed E-state index contributed by atoms with van der Waals surface area (Å²) in [4.78, 5) is 20.1. The fourth-order valence-electron chi connectivity index (χ4n) is 3.30. The Morgan fingerprint density at radius 3 is 2.67 bits per heavy atom. The van der Waals surface area contributed by atoms with Crippen molar-refractivity contribution in [3.8, 4) is 22.8 Å². The molecule has 0 unspecified atom stereocenters. The lowest BCUT2D eigenvalue weighted by atomic mass is 10.1. The Morgan fingerprint density at radius 1 is 0.970 bits per heavy atom. The Kier molecular flexibility index (Phi) is 5.46. The molecule has 5 rings (SSSR count). The molecule has 0 saturated heterocycles. The van der Waals surface area contributed by atoms with Crippen LogP contribution in [0.3, 0.4) is 0 Å². The van der Waals surface area contributed by atoms with Crippen LogP contribution in [0.1, 0.15) is 16.1 Å². The van der Waals surface area contributed by atoms with E-state index in [9.17, 15) is 4.79 Å². The lowest BCUT2D eigenvalue weighted by Crippen LogP contribution is -1.95. The van der Waals surface area contributed by atoms with Gasteiger partial charge in [0.15, 0.2) is 5.58 Å². The number of hydrogen-bond donors (Lipinski definition) is 1. The summed E-state index contributed by atoms with van der Waals surface area (Å²) in [6, 6.07) is 20.6. The van der Waals surface area contributed by atoms with Gasteiger partial charge in [0.05, 0.1) is 28.1 Å². The fraction of sp³-hybridized carbons (Fsp3) is 0. The minimum atomic E-state index is -0.991. The van der Waals surface area contributed by atoms with Crippen molar-refractivity contribution in [2.24, 2.45) is 4.99 Å². The fourth-order valence-corrected chi connectivity index (χ4v) is 3.78. The summed E-state index contributed by atoms with van der Waals surface area (Å²) in [7, 11) is 0. The number of nitrogens with zero attached hydrogens (tertiary/aromatic N) is 2. The van der Waals surface area contributed by atoms with E-state index in [2.05, 4.69) is 9.98 Å². The minimum Gasteiger partial charge on any atom is -0.478 e. The van der Waals surface area contributed by atoms with E-state index in [4.69, 9.17) is 37.1 Å². The van der Waals surface area contributed by atoms with Gasteiger partial charge in [0.2, 0.25) is 5.89 Å². The highest BCUT2D eigenvalue weighted by Gasteiger charge is 2.13. The van der Waals surface area contributed by atoms with Crippen LogP contribution in [0.4, 0.5) is 5.69 Å². The summed E-state index contributed by atoms with van der Waals surface area (Å²) in [5, 5.41) is 10.2. The number of carbonyl (C=O) groups is 1. The standard InChI is InChI=1S/C25H14Cl2N2O4/c26-16-4-7-19(20(27)11-16)24-29-21-12-17(5-8-23(21)33-24)28-13-18-6-9-22(32-18)14-2-1-3-15(10-14)25(30)31/h1-13H,(H,30,31). The molecule has 0 atom stereocenters. The molecule has 3 aromatic carbocycles. The van der Waals surface area contributed by atoms with Crippen molar-refractivity contribution in [3.05, 3.63) is 94.2 Å². The zero-order chi connectivity index (χ0) is 22.9. The van der Waals surface area contributed by atoms with Gasteiger partial charge in [-0.3, -0.25) is 4.99 Å². The number of aliphatic imine (C=N–C) groups is 1. The van der Waals surface area contributed by atoms with Gasteiger partial charge in [-0.2, -0.15) is 0 Å². The topological polar surface area (TPSA) is 88.8 Å². The third-order valence-electron chi connectivity index (χ3n) is 4.89. The van der Waals surface area contributed by atoms with Crippen LogP contribution in [0.5, 0.6) is 0 Å². The van der Waals surface area contributed by atoms with Gasteiger partial charge >= 0.3 is 5.97 Å². The summed E-state index contributed by atoms with van der Waals surface area (Å²) in [5.41, 5.74) is 3.42. The molecule has 8 heteroatoms. The lowest BCUT2D eigenvalue weighted by molar-refractivity contribution is 0.0697. The molecule has 0 amide bonds. The largest absolute Gasteiger partial charge is 0.478 e. The van der Waals surface area contributed by atoms with Crippen molar-refractivity contribution < 1.29 is 18.7 Å². The van der Waals surface area contributed by atoms with E-state index in [-0.39, 0.29) is 5.56 Å². The van der Waals surface area contributed by atoms with Gasteiger partial charge in [-0.25, -0.2) is 9.78 Å². The van der Waals surface area contributed by atoms with Crippen molar-refractivity contribution >= 4 is 52.2 Å². The highest BCUT2D eigenvalue weighted by Crippen LogP contribution is 2.33. The molecule has 2 heterocycles. The van der Waals surface area contributed by atoms with E-state index in [0.29, 0.717) is 55.4 Å². The number of benzene rings is 3. The highest BCUT2D eigenvalue weighted by atomic mass is 35.5. The Labute approximate surface area is 197 Å². The monoisotopic (exact) mass is 476 g/mol. The number of halogens is 2. The zero-order valence-corrected chi connectivity index (χ0v) is 18.3. The van der Waals surface area contributed by atoms with Crippen LogP contribution in [-0.2, 0) is 0 Å². The van der Waals surface area contributed by atoms with E-state index < -0.39 is 5.97 Å². The van der Waals surface area contributed by atoms with Crippen molar-refractivity contribution in [1.29, 1.82) is 0 Å². The molecule has 0 spiro atoms. The predicted molar refractivity (Wildman–Crippen MR) is 128 cm³/mol. The Bertz CT molecular complexity index is 1530. The molecular formula is C25H14Cl2N2O4.